The quantitative estimate of drug-likeness (QED) is 0.554. The highest BCUT2D eigenvalue weighted by atomic mass is 15.4. The van der Waals surface area contributed by atoms with E-state index in [2.05, 4.69) is 75.2 Å². The first-order valence-electron chi connectivity index (χ1n) is 10.2. The van der Waals surface area contributed by atoms with Crippen molar-refractivity contribution in [2.24, 2.45) is 0 Å². The third-order valence-electron chi connectivity index (χ3n) is 5.05. The van der Waals surface area contributed by atoms with E-state index in [0.717, 1.165) is 49.4 Å². The van der Waals surface area contributed by atoms with Crippen LogP contribution in [-0.2, 0) is 6.42 Å². The van der Waals surface area contributed by atoms with Gasteiger partial charge >= 0.3 is 0 Å². The maximum Gasteiger partial charge on any atom is 0.164 e. The van der Waals surface area contributed by atoms with Crippen LogP contribution in [0.3, 0.4) is 0 Å². The fourth-order valence-electron chi connectivity index (χ4n) is 3.91. The molecule has 144 valence electrons. The Hall–Kier alpha value is -2.36. The van der Waals surface area contributed by atoms with Crippen molar-refractivity contribution in [1.29, 1.82) is 0 Å². The molecule has 0 fully saturated rings. The Balaban J connectivity index is 2.29. The van der Waals surface area contributed by atoms with Crippen LogP contribution in [0.2, 0.25) is 0 Å². The van der Waals surface area contributed by atoms with Gasteiger partial charge in [-0.15, -0.1) is 0 Å². The monoisotopic (exact) mass is 364 g/mol. The lowest BCUT2D eigenvalue weighted by molar-refractivity contribution is 0.712. The van der Waals surface area contributed by atoms with Crippen LogP contribution < -0.4 is 4.90 Å². The molecule has 0 aliphatic rings. The summed E-state index contributed by atoms with van der Waals surface area (Å²) in [7, 11) is 0. The predicted octanol–water partition coefficient (Wildman–Crippen LogP) is 5.51. The van der Waals surface area contributed by atoms with Crippen molar-refractivity contribution in [3.63, 3.8) is 0 Å². The first-order chi connectivity index (χ1) is 13.0. The smallest absolute Gasteiger partial charge is 0.164 e. The maximum atomic E-state index is 5.06. The molecule has 4 heteroatoms. The molecule has 0 atom stereocenters. The SMILES string of the molecule is CCCN(CCC)c1c(CC)nc2c(-c3ccc(C)cc3C)cc(C)nn12. The third kappa shape index (κ3) is 3.71. The number of rotatable bonds is 7. The largest absolute Gasteiger partial charge is 0.355 e. The highest BCUT2D eigenvalue weighted by molar-refractivity contribution is 5.81. The van der Waals surface area contributed by atoms with Gasteiger partial charge in [0.1, 0.15) is 0 Å². The second kappa shape index (κ2) is 8.12. The lowest BCUT2D eigenvalue weighted by Gasteiger charge is -2.24. The Morgan fingerprint density at radius 2 is 1.63 bits per heavy atom. The van der Waals surface area contributed by atoms with Crippen molar-refractivity contribution in [2.75, 3.05) is 18.0 Å². The first kappa shape index (κ1) is 19.4. The molecule has 2 aromatic heterocycles. The van der Waals surface area contributed by atoms with Gasteiger partial charge in [-0.25, -0.2) is 4.98 Å². The fraction of sp³-hybridized carbons (Fsp3) is 0.478. The van der Waals surface area contributed by atoms with Crippen LogP contribution in [0.5, 0.6) is 0 Å². The van der Waals surface area contributed by atoms with Crippen molar-refractivity contribution in [2.45, 2.75) is 60.8 Å². The van der Waals surface area contributed by atoms with E-state index in [0.29, 0.717) is 0 Å². The minimum atomic E-state index is 0.911. The predicted molar refractivity (Wildman–Crippen MR) is 115 cm³/mol. The second-order valence-electron chi connectivity index (χ2n) is 7.48. The van der Waals surface area contributed by atoms with Crippen LogP contribution in [0.4, 0.5) is 5.82 Å². The molecule has 0 bridgehead atoms. The van der Waals surface area contributed by atoms with Crippen molar-refractivity contribution in [1.82, 2.24) is 14.6 Å². The zero-order valence-corrected chi connectivity index (χ0v) is 17.6. The lowest BCUT2D eigenvalue weighted by atomic mass is 9.99. The highest BCUT2D eigenvalue weighted by Crippen LogP contribution is 2.32. The molecule has 0 unspecified atom stereocenters. The van der Waals surface area contributed by atoms with Crippen LogP contribution >= 0.6 is 0 Å². The Labute approximate surface area is 163 Å². The molecule has 0 aliphatic carbocycles. The Bertz CT molecular complexity index is 933. The number of anilines is 1. The summed E-state index contributed by atoms with van der Waals surface area (Å²) in [5.41, 5.74) is 8.11. The minimum absolute atomic E-state index is 0.911. The standard InChI is InChI=1S/C23H32N4/c1-7-12-26(13-8-2)23-21(9-3)24-22-20(15-18(6)25-27(22)23)19-11-10-16(4)14-17(19)5/h10-11,14-15H,7-9,12-13H2,1-6H3. The number of fused-ring (bicyclic) bond motifs is 1. The molecule has 1 aromatic carbocycles. The summed E-state index contributed by atoms with van der Waals surface area (Å²) in [6.45, 7) is 15.1. The summed E-state index contributed by atoms with van der Waals surface area (Å²) in [4.78, 5) is 7.51. The van der Waals surface area contributed by atoms with Crippen LogP contribution in [0.25, 0.3) is 16.8 Å². The lowest BCUT2D eigenvalue weighted by Crippen LogP contribution is -2.27. The van der Waals surface area contributed by atoms with Gasteiger partial charge in [-0.05, 0) is 57.2 Å². The number of aromatic nitrogens is 3. The summed E-state index contributed by atoms with van der Waals surface area (Å²) >= 11 is 0. The van der Waals surface area contributed by atoms with Gasteiger partial charge in [0.2, 0.25) is 0 Å². The maximum absolute atomic E-state index is 5.06. The van der Waals surface area contributed by atoms with E-state index >= 15 is 0 Å². The zero-order chi connectivity index (χ0) is 19.6. The topological polar surface area (TPSA) is 33.4 Å². The van der Waals surface area contributed by atoms with Gasteiger partial charge in [0, 0.05) is 18.7 Å². The fourth-order valence-corrected chi connectivity index (χ4v) is 3.91. The zero-order valence-electron chi connectivity index (χ0n) is 17.6. The molecule has 3 rings (SSSR count). The minimum Gasteiger partial charge on any atom is -0.355 e. The molecule has 4 nitrogen and oxygen atoms in total. The van der Waals surface area contributed by atoms with Gasteiger partial charge in [0.15, 0.2) is 11.5 Å². The van der Waals surface area contributed by atoms with Gasteiger partial charge in [-0.2, -0.15) is 9.61 Å². The van der Waals surface area contributed by atoms with E-state index in [-0.39, 0.29) is 0 Å². The van der Waals surface area contributed by atoms with E-state index < -0.39 is 0 Å². The summed E-state index contributed by atoms with van der Waals surface area (Å²) in [5, 5.41) is 4.88. The van der Waals surface area contributed by atoms with E-state index in [1.165, 1.54) is 28.1 Å². The first-order valence-corrected chi connectivity index (χ1v) is 10.2. The van der Waals surface area contributed by atoms with E-state index in [9.17, 15) is 0 Å². The third-order valence-corrected chi connectivity index (χ3v) is 5.05. The van der Waals surface area contributed by atoms with Crippen LogP contribution in [-0.4, -0.2) is 27.7 Å². The molecule has 0 N–H and O–H groups in total. The average molecular weight is 365 g/mol. The van der Waals surface area contributed by atoms with Crippen molar-refractivity contribution < 1.29 is 0 Å². The van der Waals surface area contributed by atoms with Gasteiger partial charge in [-0.1, -0.05) is 44.5 Å². The number of nitrogens with zero attached hydrogens (tertiary/aromatic N) is 4. The number of imidazole rings is 1. The summed E-state index contributed by atoms with van der Waals surface area (Å²) in [6.07, 6.45) is 3.15. The molecule has 2 heterocycles. The molecule has 0 saturated heterocycles. The van der Waals surface area contributed by atoms with Gasteiger partial charge in [-0.3, -0.25) is 0 Å². The molecule has 0 radical (unpaired) electrons. The summed E-state index contributed by atoms with van der Waals surface area (Å²) in [5.74, 6) is 1.17. The van der Waals surface area contributed by atoms with Crippen molar-refractivity contribution in [3.8, 4) is 11.1 Å². The molecule has 0 spiro atoms. The van der Waals surface area contributed by atoms with Crippen LogP contribution in [0, 0.1) is 20.8 Å². The Morgan fingerprint density at radius 3 is 2.22 bits per heavy atom. The van der Waals surface area contributed by atoms with Crippen molar-refractivity contribution >= 4 is 11.5 Å². The molecular formula is C23H32N4. The van der Waals surface area contributed by atoms with Gasteiger partial charge in [0.25, 0.3) is 0 Å². The summed E-state index contributed by atoms with van der Waals surface area (Å²) < 4.78 is 2.09. The van der Waals surface area contributed by atoms with E-state index in [4.69, 9.17) is 10.1 Å². The van der Waals surface area contributed by atoms with Crippen LogP contribution in [0.1, 0.15) is 56.1 Å². The number of hydrogen-bond donors (Lipinski definition) is 0. The molecule has 0 amide bonds. The molecule has 0 saturated carbocycles. The molecule has 0 aliphatic heterocycles. The van der Waals surface area contributed by atoms with Gasteiger partial charge in [0.05, 0.1) is 11.4 Å². The Morgan fingerprint density at radius 1 is 0.926 bits per heavy atom. The number of aryl methyl sites for hydroxylation is 4. The number of benzene rings is 1. The van der Waals surface area contributed by atoms with E-state index in [1.807, 2.05) is 0 Å². The van der Waals surface area contributed by atoms with Crippen molar-refractivity contribution in [3.05, 3.63) is 46.8 Å². The van der Waals surface area contributed by atoms with Gasteiger partial charge < -0.3 is 4.90 Å². The normalized spacial score (nSPS) is 11.3. The molecule has 27 heavy (non-hydrogen) atoms. The molecule has 3 aromatic rings. The molecular weight excluding hydrogens is 332 g/mol. The number of hydrogen-bond acceptors (Lipinski definition) is 3. The summed E-state index contributed by atoms with van der Waals surface area (Å²) in [6, 6.07) is 8.81. The van der Waals surface area contributed by atoms with E-state index in [1.54, 1.807) is 0 Å². The van der Waals surface area contributed by atoms with Crippen LogP contribution in [0.15, 0.2) is 24.3 Å². The second-order valence-corrected chi connectivity index (χ2v) is 7.48. The highest BCUT2D eigenvalue weighted by Gasteiger charge is 2.21. The Kier molecular flexibility index (Phi) is 5.83. The average Bonchev–Trinajstić information content (AvgIpc) is 2.99.